The second-order valence-electron chi connectivity index (χ2n) is 7.71. The highest BCUT2D eigenvalue weighted by Crippen LogP contribution is 2.21. The fourth-order valence-corrected chi connectivity index (χ4v) is 3.71. The molecule has 0 spiro atoms. The molecular weight excluding hydrogens is 453 g/mol. The van der Waals surface area contributed by atoms with E-state index in [1.54, 1.807) is 0 Å². The highest BCUT2D eigenvalue weighted by atomic mass is 127. The third-order valence-electron chi connectivity index (χ3n) is 5.50. The summed E-state index contributed by atoms with van der Waals surface area (Å²) in [5.74, 6) is 3.47. The number of hydrogen-bond donors (Lipinski definition) is 1. The topological polar surface area (TPSA) is 53.0 Å². The zero-order chi connectivity index (χ0) is 18.4. The van der Waals surface area contributed by atoms with Gasteiger partial charge in [0.1, 0.15) is 5.82 Å². The van der Waals surface area contributed by atoms with Crippen LogP contribution in [0.15, 0.2) is 23.3 Å². The molecule has 0 radical (unpaired) electrons. The molecule has 2 saturated heterocycles. The number of aliphatic imine (C=N–C) groups is 1. The molecule has 0 aromatic carbocycles. The smallest absolute Gasteiger partial charge is 0.193 e. The van der Waals surface area contributed by atoms with Gasteiger partial charge in [-0.3, -0.25) is 4.99 Å². The van der Waals surface area contributed by atoms with Crippen LogP contribution in [0.25, 0.3) is 0 Å². The van der Waals surface area contributed by atoms with E-state index in [1.165, 1.54) is 18.4 Å². The van der Waals surface area contributed by atoms with Crippen molar-refractivity contribution < 1.29 is 4.74 Å². The van der Waals surface area contributed by atoms with Gasteiger partial charge in [-0.15, -0.1) is 24.0 Å². The molecule has 3 heterocycles. The molecule has 1 atom stereocenters. The highest BCUT2D eigenvalue weighted by Gasteiger charge is 2.19. The lowest BCUT2D eigenvalue weighted by atomic mass is 9.99. The molecule has 0 amide bonds. The Balaban J connectivity index is 0.00000261. The lowest BCUT2D eigenvalue weighted by Crippen LogP contribution is -2.41. The number of pyridine rings is 1. The fraction of sp³-hybridized carbons (Fsp3) is 0.700. The van der Waals surface area contributed by atoms with Gasteiger partial charge in [0.15, 0.2) is 5.96 Å². The summed E-state index contributed by atoms with van der Waals surface area (Å²) >= 11 is 0. The van der Waals surface area contributed by atoms with Crippen molar-refractivity contribution in [3.8, 4) is 0 Å². The van der Waals surface area contributed by atoms with Crippen LogP contribution < -0.4 is 10.2 Å². The number of piperidine rings is 1. The molecule has 1 aromatic heterocycles. The van der Waals surface area contributed by atoms with E-state index in [-0.39, 0.29) is 24.0 Å². The predicted octanol–water partition coefficient (Wildman–Crippen LogP) is 2.98. The minimum atomic E-state index is 0. The van der Waals surface area contributed by atoms with Crippen molar-refractivity contribution >= 4 is 35.8 Å². The van der Waals surface area contributed by atoms with Gasteiger partial charge in [0, 0.05) is 59.0 Å². The predicted molar refractivity (Wildman–Crippen MR) is 122 cm³/mol. The van der Waals surface area contributed by atoms with E-state index in [1.807, 2.05) is 13.2 Å². The van der Waals surface area contributed by atoms with Gasteiger partial charge in [0.05, 0.1) is 6.61 Å². The summed E-state index contributed by atoms with van der Waals surface area (Å²) in [6.07, 6.45) is 5.65. The molecule has 2 fully saturated rings. The Morgan fingerprint density at radius 3 is 2.70 bits per heavy atom. The highest BCUT2D eigenvalue weighted by molar-refractivity contribution is 14.0. The van der Waals surface area contributed by atoms with Crippen molar-refractivity contribution in [3.63, 3.8) is 0 Å². The lowest BCUT2D eigenvalue weighted by molar-refractivity contribution is 0.181. The first-order chi connectivity index (χ1) is 12.7. The summed E-state index contributed by atoms with van der Waals surface area (Å²) in [5.41, 5.74) is 1.18. The minimum Gasteiger partial charge on any atom is -0.381 e. The summed E-state index contributed by atoms with van der Waals surface area (Å²) in [4.78, 5) is 13.7. The molecule has 7 heteroatoms. The second-order valence-corrected chi connectivity index (χ2v) is 7.71. The van der Waals surface area contributed by atoms with E-state index in [4.69, 9.17) is 4.74 Å². The monoisotopic (exact) mass is 487 g/mol. The van der Waals surface area contributed by atoms with Gasteiger partial charge < -0.3 is 19.9 Å². The Hall–Kier alpha value is -1.09. The standard InChI is InChI=1S/C20H33N5O.HI/c1-16-6-9-25(10-7-16)19-5-4-17(12-22-19)13-23-20(21-2)24(3)14-18-8-11-26-15-18;/h4-5,12,16,18H,6-11,13-15H2,1-3H3,(H,21,23);1H. The number of ether oxygens (including phenoxy) is 1. The van der Waals surface area contributed by atoms with E-state index in [0.717, 1.165) is 63.5 Å². The lowest BCUT2D eigenvalue weighted by Gasteiger charge is -2.31. The van der Waals surface area contributed by atoms with Gasteiger partial charge in [-0.05, 0) is 36.8 Å². The van der Waals surface area contributed by atoms with Crippen LogP contribution in [0.3, 0.4) is 0 Å². The summed E-state index contributed by atoms with van der Waals surface area (Å²) in [7, 11) is 3.93. The molecule has 0 saturated carbocycles. The maximum atomic E-state index is 5.47. The Kier molecular flexibility index (Phi) is 9.08. The molecular formula is C20H34IN5O. The number of hydrogen-bond acceptors (Lipinski definition) is 4. The van der Waals surface area contributed by atoms with Crippen LogP contribution in [0.5, 0.6) is 0 Å². The van der Waals surface area contributed by atoms with Gasteiger partial charge in [0.25, 0.3) is 0 Å². The van der Waals surface area contributed by atoms with E-state index in [9.17, 15) is 0 Å². The van der Waals surface area contributed by atoms with E-state index >= 15 is 0 Å². The van der Waals surface area contributed by atoms with Crippen LogP contribution in [-0.4, -0.2) is 62.8 Å². The Morgan fingerprint density at radius 1 is 1.33 bits per heavy atom. The summed E-state index contributed by atoms with van der Waals surface area (Å²) in [5, 5.41) is 3.45. The first kappa shape index (κ1) is 22.2. The van der Waals surface area contributed by atoms with E-state index < -0.39 is 0 Å². The number of guanidine groups is 1. The van der Waals surface area contributed by atoms with Crippen LogP contribution in [0, 0.1) is 11.8 Å². The molecule has 1 N–H and O–H groups in total. The van der Waals surface area contributed by atoms with Gasteiger partial charge >= 0.3 is 0 Å². The summed E-state index contributed by atoms with van der Waals surface area (Å²) in [6.45, 7) is 8.04. The number of rotatable bonds is 5. The van der Waals surface area contributed by atoms with Crippen LogP contribution in [-0.2, 0) is 11.3 Å². The van der Waals surface area contributed by atoms with E-state index in [0.29, 0.717) is 5.92 Å². The fourth-order valence-electron chi connectivity index (χ4n) is 3.71. The van der Waals surface area contributed by atoms with Crippen molar-refractivity contribution in [3.05, 3.63) is 23.9 Å². The minimum absolute atomic E-state index is 0. The zero-order valence-electron chi connectivity index (χ0n) is 16.9. The number of nitrogens with one attached hydrogen (secondary N) is 1. The molecule has 2 aliphatic rings. The molecule has 2 aliphatic heterocycles. The largest absolute Gasteiger partial charge is 0.381 e. The SMILES string of the molecule is CN=C(NCc1ccc(N2CCC(C)CC2)nc1)N(C)CC1CCOC1.I. The molecule has 3 rings (SSSR count). The average Bonchev–Trinajstić information content (AvgIpc) is 3.16. The van der Waals surface area contributed by atoms with Crippen LogP contribution in [0.1, 0.15) is 31.7 Å². The Labute approximate surface area is 180 Å². The van der Waals surface area contributed by atoms with Gasteiger partial charge in [0.2, 0.25) is 0 Å². The Morgan fingerprint density at radius 2 is 2.11 bits per heavy atom. The van der Waals surface area contributed by atoms with Gasteiger partial charge in [-0.25, -0.2) is 4.98 Å². The summed E-state index contributed by atoms with van der Waals surface area (Å²) < 4.78 is 5.47. The molecule has 0 aliphatic carbocycles. The third kappa shape index (κ3) is 6.48. The van der Waals surface area contributed by atoms with Gasteiger partial charge in [-0.2, -0.15) is 0 Å². The van der Waals surface area contributed by atoms with Crippen LogP contribution in [0.4, 0.5) is 5.82 Å². The summed E-state index contributed by atoms with van der Waals surface area (Å²) in [6, 6.07) is 4.32. The normalized spacial score (nSPS) is 21.1. The quantitative estimate of drug-likeness (QED) is 0.393. The Bertz CT molecular complexity index is 581. The molecule has 6 nitrogen and oxygen atoms in total. The van der Waals surface area contributed by atoms with Crippen LogP contribution >= 0.6 is 24.0 Å². The zero-order valence-corrected chi connectivity index (χ0v) is 19.2. The van der Waals surface area contributed by atoms with Gasteiger partial charge in [-0.1, -0.05) is 13.0 Å². The molecule has 152 valence electrons. The molecule has 0 bridgehead atoms. The molecule has 1 aromatic rings. The van der Waals surface area contributed by atoms with Crippen molar-refractivity contribution in [1.29, 1.82) is 0 Å². The molecule has 27 heavy (non-hydrogen) atoms. The third-order valence-corrected chi connectivity index (χ3v) is 5.50. The van der Waals surface area contributed by atoms with Crippen LogP contribution in [0.2, 0.25) is 0 Å². The maximum Gasteiger partial charge on any atom is 0.193 e. The number of nitrogens with zero attached hydrogens (tertiary/aromatic N) is 4. The van der Waals surface area contributed by atoms with Crippen molar-refractivity contribution in [2.24, 2.45) is 16.8 Å². The van der Waals surface area contributed by atoms with Crippen molar-refractivity contribution in [1.82, 2.24) is 15.2 Å². The van der Waals surface area contributed by atoms with Crippen molar-refractivity contribution in [2.45, 2.75) is 32.7 Å². The number of halogens is 1. The first-order valence-electron chi connectivity index (χ1n) is 9.85. The first-order valence-corrected chi connectivity index (χ1v) is 9.85. The maximum absolute atomic E-state index is 5.47. The van der Waals surface area contributed by atoms with Crippen molar-refractivity contribution in [2.75, 3.05) is 51.8 Å². The van der Waals surface area contributed by atoms with E-state index in [2.05, 4.69) is 51.2 Å². The second kappa shape index (κ2) is 11.0. The number of anilines is 1. The number of aromatic nitrogens is 1. The molecule has 1 unspecified atom stereocenters. The average molecular weight is 487 g/mol.